The molecule has 0 aliphatic carbocycles. The van der Waals surface area contributed by atoms with Crippen LogP contribution in [0, 0.1) is 0 Å². The van der Waals surface area contributed by atoms with Gasteiger partial charge in [-0.3, -0.25) is 4.72 Å². The lowest BCUT2D eigenvalue weighted by Gasteiger charge is -2.08. The van der Waals surface area contributed by atoms with E-state index in [1.54, 1.807) is 6.07 Å². The summed E-state index contributed by atoms with van der Waals surface area (Å²) < 4.78 is 32.9. The molecule has 3 aromatic rings. The molecule has 0 saturated heterocycles. The minimum Gasteiger partial charge on any atom is -0.465 e. The molecule has 0 radical (unpaired) electrons. The van der Waals surface area contributed by atoms with Crippen LogP contribution in [0.2, 0.25) is 0 Å². The Morgan fingerprint density at radius 3 is 2.50 bits per heavy atom. The van der Waals surface area contributed by atoms with Gasteiger partial charge < -0.3 is 4.74 Å². The van der Waals surface area contributed by atoms with Gasteiger partial charge in [0.25, 0.3) is 5.95 Å². The molecular formula is C15H14N6O4S. The van der Waals surface area contributed by atoms with Crippen molar-refractivity contribution < 1.29 is 17.9 Å². The van der Waals surface area contributed by atoms with Crippen molar-refractivity contribution in [3.05, 3.63) is 60.2 Å². The number of hydrogen-bond acceptors (Lipinski definition) is 8. The van der Waals surface area contributed by atoms with Gasteiger partial charge in [0, 0.05) is 12.4 Å². The summed E-state index contributed by atoms with van der Waals surface area (Å²) in [6, 6.07) is 7.70. The summed E-state index contributed by atoms with van der Waals surface area (Å²) >= 11 is 0. The lowest BCUT2D eigenvalue weighted by Crippen LogP contribution is -2.19. The Hall–Kier alpha value is -3.34. The highest BCUT2D eigenvalue weighted by Crippen LogP contribution is 2.13. The van der Waals surface area contributed by atoms with Crippen LogP contribution in [-0.2, 0) is 20.5 Å². The highest BCUT2D eigenvalue weighted by molar-refractivity contribution is 7.91. The first-order chi connectivity index (χ1) is 12.5. The largest absolute Gasteiger partial charge is 0.465 e. The Labute approximate surface area is 148 Å². The van der Waals surface area contributed by atoms with Crippen molar-refractivity contribution in [3.8, 4) is 5.95 Å². The summed E-state index contributed by atoms with van der Waals surface area (Å²) in [5.41, 5.74) is 0.828. The second kappa shape index (κ2) is 7.27. The second-order valence-electron chi connectivity index (χ2n) is 5.09. The Balaban J connectivity index is 1.76. The summed E-state index contributed by atoms with van der Waals surface area (Å²) in [4.78, 5) is 23.3. The van der Waals surface area contributed by atoms with E-state index in [2.05, 4.69) is 29.5 Å². The molecule has 1 N–H and O–H groups in total. The van der Waals surface area contributed by atoms with Crippen molar-refractivity contribution >= 4 is 21.9 Å². The number of nitrogens with one attached hydrogen (secondary N) is 1. The topological polar surface area (TPSA) is 129 Å². The van der Waals surface area contributed by atoms with E-state index in [-0.39, 0.29) is 17.6 Å². The molecule has 10 nitrogen and oxygen atoms in total. The van der Waals surface area contributed by atoms with Gasteiger partial charge in [0.15, 0.2) is 0 Å². The fraction of sp³-hybridized carbons (Fsp3) is 0.133. The summed E-state index contributed by atoms with van der Waals surface area (Å²) in [5.74, 6) is -0.641. The number of rotatable bonds is 6. The third-order valence-corrected chi connectivity index (χ3v) is 4.47. The Bertz CT molecular complexity index is 1000. The molecule has 0 bridgehead atoms. The Morgan fingerprint density at radius 1 is 1.15 bits per heavy atom. The van der Waals surface area contributed by atoms with Gasteiger partial charge in [-0.15, -0.1) is 0 Å². The minimum absolute atomic E-state index is 0.0256. The van der Waals surface area contributed by atoms with Gasteiger partial charge in [0.05, 0.1) is 18.4 Å². The molecule has 2 heterocycles. The molecule has 134 valence electrons. The predicted octanol–water partition coefficient (Wildman–Crippen LogP) is 0.786. The first kappa shape index (κ1) is 17.5. The SMILES string of the molecule is COC(=O)c1ccc(CS(=O)(=O)Nc2ncnn2-c2ncccn2)cc1. The normalized spacial score (nSPS) is 11.1. The number of hydrogen-bond donors (Lipinski definition) is 1. The summed E-state index contributed by atoms with van der Waals surface area (Å²) in [5, 5.41) is 3.92. The van der Waals surface area contributed by atoms with Crippen LogP contribution in [0.4, 0.5) is 5.95 Å². The summed E-state index contributed by atoms with van der Waals surface area (Å²) in [6.45, 7) is 0. The van der Waals surface area contributed by atoms with Crippen LogP contribution < -0.4 is 4.72 Å². The van der Waals surface area contributed by atoms with Crippen LogP contribution in [-0.4, -0.2) is 46.2 Å². The van der Waals surface area contributed by atoms with E-state index in [0.717, 1.165) is 0 Å². The quantitative estimate of drug-likeness (QED) is 0.627. The Morgan fingerprint density at radius 2 is 1.85 bits per heavy atom. The zero-order chi connectivity index (χ0) is 18.6. The fourth-order valence-corrected chi connectivity index (χ4v) is 3.23. The molecule has 2 aromatic heterocycles. The average molecular weight is 374 g/mol. The zero-order valence-corrected chi connectivity index (χ0v) is 14.4. The van der Waals surface area contributed by atoms with Crippen LogP contribution >= 0.6 is 0 Å². The predicted molar refractivity (Wildman–Crippen MR) is 91.0 cm³/mol. The molecule has 0 aliphatic heterocycles. The maximum absolute atomic E-state index is 12.4. The standard InChI is InChI=1S/C15H14N6O4S/c1-25-13(22)12-5-3-11(4-6-12)9-26(23,24)20-15-18-10-19-21(15)14-16-7-2-8-17-14/h2-8,10H,9H2,1H3,(H,18,19,20). The van der Waals surface area contributed by atoms with E-state index < -0.39 is 16.0 Å². The number of ether oxygens (including phenoxy) is 1. The lowest BCUT2D eigenvalue weighted by atomic mass is 10.1. The van der Waals surface area contributed by atoms with Crippen molar-refractivity contribution in [2.24, 2.45) is 0 Å². The van der Waals surface area contributed by atoms with E-state index in [9.17, 15) is 13.2 Å². The van der Waals surface area contributed by atoms with E-state index in [1.165, 1.54) is 54.8 Å². The molecule has 11 heteroatoms. The number of carbonyl (C=O) groups excluding carboxylic acids is 1. The van der Waals surface area contributed by atoms with E-state index >= 15 is 0 Å². The lowest BCUT2D eigenvalue weighted by molar-refractivity contribution is 0.0600. The first-order valence-electron chi connectivity index (χ1n) is 7.34. The second-order valence-corrected chi connectivity index (χ2v) is 6.82. The summed E-state index contributed by atoms with van der Waals surface area (Å²) in [6.07, 6.45) is 4.20. The highest BCUT2D eigenvalue weighted by Gasteiger charge is 2.18. The van der Waals surface area contributed by atoms with Gasteiger partial charge in [-0.1, -0.05) is 12.1 Å². The van der Waals surface area contributed by atoms with Crippen molar-refractivity contribution in [1.82, 2.24) is 24.7 Å². The van der Waals surface area contributed by atoms with Crippen molar-refractivity contribution in [2.75, 3.05) is 11.8 Å². The van der Waals surface area contributed by atoms with Crippen molar-refractivity contribution in [1.29, 1.82) is 0 Å². The van der Waals surface area contributed by atoms with Crippen LogP contribution in [0.1, 0.15) is 15.9 Å². The molecule has 3 rings (SSSR count). The molecule has 0 unspecified atom stereocenters. The minimum atomic E-state index is -3.77. The third kappa shape index (κ3) is 4.00. The number of anilines is 1. The van der Waals surface area contributed by atoms with Crippen LogP contribution in [0.3, 0.4) is 0 Å². The number of methoxy groups -OCH3 is 1. The molecule has 1 aromatic carbocycles. The van der Waals surface area contributed by atoms with Gasteiger partial charge in [0.1, 0.15) is 6.33 Å². The number of sulfonamides is 1. The molecule has 0 aliphatic rings. The monoisotopic (exact) mass is 374 g/mol. The number of carbonyl (C=O) groups is 1. The van der Waals surface area contributed by atoms with Crippen LogP contribution in [0.25, 0.3) is 5.95 Å². The average Bonchev–Trinajstić information content (AvgIpc) is 3.09. The maximum atomic E-state index is 12.4. The summed E-state index contributed by atoms with van der Waals surface area (Å²) in [7, 11) is -2.50. The van der Waals surface area contributed by atoms with Gasteiger partial charge in [-0.25, -0.2) is 23.2 Å². The number of aromatic nitrogens is 5. The third-order valence-electron chi connectivity index (χ3n) is 3.27. The number of nitrogens with zero attached hydrogens (tertiary/aromatic N) is 5. The smallest absolute Gasteiger partial charge is 0.337 e. The van der Waals surface area contributed by atoms with E-state index in [0.29, 0.717) is 11.1 Å². The molecule has 0 fully saturated rings. The van der Waals surface area contributed by atoms with Gasteiger partial charge in [-0.2, -0.15) is 14.8 Å². The molecule has 26 heavy (non-hydrogen) atoms. The van der Waals surface area contributed by atoms with Gasteiger partial charge >= 0.3 is 5.97 Å². The molecule has 0 saturated carbocycles. The van der Waals surface area contributed by atoms with Gasteiger partial charge in [0.2, 0.25) is 16.0 Å². The molecule has 0 spiro atoms. The van der Waals surface area contributed by atoms with E-state index in [1.807, 2.05) is 0 Å². The first-order valence-corrected chi connectivity index (χ1v) is 8.99. The fourth-order valence-electron chi connectivity index (χ4n) is 2.11. The molecule has 0 amide bonds. The Kier molecular flexibility index (Phi) is 4.89. The van der Waals surface area contributed by atoms with Crippen LogP contribution in [0.15, 0.2) is 49.1 Å². The number of benzene rings is 1. The maximum Gasteiger partial charge on any atom is 0.337 e. The number of esters is 1. The van der Waals surface area contributed by atoms with Crippen molar-refractivity contribution in [2.45, 2.75) is 5.75 Å². The zero-order valence-electron chi connectivity index (χ0n) is 13.6. The molecule has 0 atom stereocenters. The molecular weight excluding hydrogens is 360 g/mol. The van der Waals surface area contributed by atoms with Gasteiger partial charge in [-0.05, 0) is 23.8 Å². The van der Waals surface area contributed by atoms with E-state index in [4.69, 9.17) is 0 Å². The van der Waals surface area contributed by atoms with Crippen molar-refractivity contribution in [3.63, 3.8) is 0 Å². The van der Waals surface area contributed by atoms with Crippen LogP contribution in [0.5, 0.6) is 0 Å². The highest BCUT2D eigenvalue weighted by atomic mass is 32.2.